The van der Waals surface area contributed by atoms with E-state index < -0.39 is 7.14 Å². The smallest absolute Gasteiger partial charge is 0.171 e. The molecule has 0 radical (unpaired) electrons. The Hall–Kier alpha value is -4.85. The second-order valence-corrected chi connectivity index (χ2v) is 14.5. The van der Waals surface area contributed by atoms with Gasteiger partial charge >= 0.3 is 0 Å². The van der Waals surface area contributed by atoms with Gasteiger partial charge in [-0.3, -0.25) is 0 Å². The molecular formula is C39H29O3P. The lowest BCUT2D eigenvalue weighted by molar-refractivity contribution is 0.360. The van der Waals surface area contributed by atoms with Gasteiger partial charge in [0.05, 0.1) is 0 Å². The van der Waals surface area contributed by atoms with Crippen molar-refractivity contribution < 1.29 is 14.0 Å². The summed E-state index contributed by atoms with van der Waals surface area (Å²) in [5.74, 6) is 2.87. The zero-order chi connectivity index (χ0) is 29.2. The minimum atomic E-state index is -3.08. The number of hydrogen-bond acceptors (Lipinski definition) is 3. The molecule has 1 aliphatic heterocycles. The summed E-state index contributed by atoms with van der Waals surface area (Å²) in [5.41, 5.74) is 6.77. The van der Waals surface area contributed by atoms with Gasteiger partial charge in [0, 0.05) is 21.3 Å². The van der Waals surface area contributed by atoms with Gasteiger partial charge in [0.15, 0.2) is 30.1 Å². The molecule has 0 spiro atoms. The molecule has 2 aliphatic rings. The molecule has 0 saturated carbocycles. The first-order chi connectivity index (χ1) is 20.9. The molecule has 8 rings (SSSR count). The summed E-state index contributed by atoms with van der Waals surface area (Å²) >= 11 is 0. The summed E-state index contributed by atoms with van der Waals surface area (Å²) in [5, 5.41) is 2.55. The van der Waals surface area contributed by atoms with Crippen molar-refractivity contribution in [3.05, 3.63) is 151 Å². The first-order valence-corrected chi connectivity index (χ1v) is 16.2. The van der Waals surface area contributed by atoms with Crippen molar-refractivity contribution >= 4 is 23.1 Å². The van der Waals surface area contributed by atoms with Crippen LogP contribution in [0, 0.1) is 0 Å². The van der Waals surface area contributed by atoms with Crippen molar-refractivity contribution in [2.75, 3.05) is 0 Å². The van der Waals surface area contributed by atoms with E-state index in [-0.39, 0.29) is 5.41 Å². The van der Waals surface area contributed by atoms with Crippen LogP contribution in [0.2, 0.25) is 0 Å². The van der Waals surface area contributed by atoms with Gasteiger partial charge in [0.2, 0.25) is 0 Å². The maximum atomic E-state index is 15.1. The maximum absolute atomic E-state index is 15.1. The predicted octanol–water partition coefficient (Wildman–Crippen LogP) is 9.20. The van der Waals surface area contributed by atoms with Gasteiger partial charge < -0.3 is 14.0 Å². The number of benzene rings is 6. The van der Waals surface area contributed by atoms with Gasteiger partial charge in [0.1, 0.15) is 0 Å². The first-order valence-electron chi connectivity index (χ1n) is 14.5. The highest BCUT2D eigenvalue weighted by atomic mass is 31.2. The van der Waals surface area contributed by atoms with Crippen LogP contribution < -0.4 is 25.4 Å². The van der Waals surface area contributed by atoms with E-state index in [1.165, 1.54) is 22.3 Å². The highest BCUT2D eigenvalue weighted by Crippen LogP contribution is 2.52. The van der Waals surface area contributed by atoms with Gasteiger partial charge in [-0.15, -0.1) is 0 Å². The Morgan fingerprint density at radius 1 is 0.465 bits per heavy atom. The van der Waals surface area contributed by atoms with Crippen LogP contribution in [-0.4, -0.2) is 0 Å². The third-order valence-corrected chi connectivity index (χ3v) is 11.9. The van der Waals surface area contributed by atoms with Crippen LogP contribution >= 0.6 is 7.14 Å². The molecule has 0 aromatic heterocycles. The minimum Gasteiger partial charge on any atom is -0.450 e. The van der Waals surface area contributed by atoms with E-state index in [0.717, 1.165) is 38.5 Å². The summed E-state index contributed by atoms with van der Waals surface area (Å²) in [6.07, 6.45) is 0. The topological polar surface area (TPSA) is 35.5 Å². The van der Waals surface area contributed by atoms with Crippen LogP contribution in [0.5, 0.6) is 23.0 Å². The SMILES string of the molecule is CC1(C)c2cc(-c3ccc4c(c3)Oc3ccccc3O4)ccc2-c2ccc(P(=O)(c3ccccc3)c3ccccc3)cc21. The molecule has 4 heteroatoms. The molecular weight excluding hydrogens is 547 g/mol. The second-order valence-electron chi connectivity index (χ2n) is 11.7. The third-order valence-electron chi connectivity index (χ3n) is 8.83. The average Bonchev–Trinajstić information content (AvgIpc) is 3.29. The van der Waals surface area contributed by atoms with Crippen LogP contribution in [0.15, 0.2) is 140 Å². The molecule has 3 nitrogen and oxygen atoms in total. The monoisotopic (exact) mass is 576 g/mol. The maximum Gasteiger partial charge on any atom is 0.171 e. The van der Waals surface area contributed by atoms with E-state index in [2.05, 4.69) is 62.4 Å². The van der Waals surface area contributed by atoms with Gasteiger partial charge in [-0.05, 0) is 69.8 Å². The van der Waals surface area contributed by atoms with Crippen molar-refractivity contribution in [1.29, 1.82) is 0 Å². The lowest BCUT2D eigenvalue weighted by atomic mass is 9.81. The summed E-state index contributed by atoms with van der Waals surface area (Å²) < 4.78 is 27.4. The highest BCUT2D eigenvalue weighted by Gasteiger charge is 2.38. The van der Waals surface area contributed by atoms with Crippen LogP contribution in [-0.2, 0) is 9.98 Å². The molecule has 0 N–H and O–H groups in total. The fraction of sp³-hybridized carbons (Fsp3) is 0.0769. The zero-order valence-electron chi connectivity index (χ0n) is 24.0. The fourth-order valence-electron chi connectivity index (χ4n) is 6.53. The van der Waals surface area contributed by atoms with E-state index >= 15 is 4.57 Å². The Kier molecular flexibility index (Phi) is 5.76. The van der Waals surface area contributed by atoms with Gasteiger partial charge in [0.25, 0.3) is 0 Å². The molecule has 43 heavy (non-hydrogen) atoms. The molecule has 0 saturated heterocycles. The molecule has 0 fully saturated rings. The van der Waals surface area contributed by atoms with E-state index in [4.69, 9.17) is 9.47 Å². The molecule has 1 aliphatic carbocycles. The van der Waals surface area contributed by atoms with Gasteiger partial charge in [-0.25, -0.2) is 0 Å². The third kappa shape index (κ3) is 4.00. The highest BCUT2D eigenvalue weighted by molar-refractivity contribution is 7.85. The quantitative estimate of drug-likeness (QED) is 0.196. The van der Waals surface area contributed by atoms with E-state index in [9.17, 15) is 0 Å². The summed E-state index contributed by atoms with van der Waals surface area (Å²) in [6.45, 7) is 4.53. The zero-order valence-corrected chi connectivity index (χ0v) is 24.8. The summed E-state index contributed by atoms with van der Waals surface area (Å²) in [6, 6.07) is 46.7. The molecule has 6 aromatic carbocycles. The lowest BCUT2D eigenvalue weighted by Gasteiger charge is -2.25. The molecule has 0 atom stereocenters. The Bertz CT molecular complexity index is 2040. The largest absolute Gasteiger partial charge is 0.450 e. The van der Waals surface area contributed by atoms with Gasteiger partial charge in [-0.1, -0.05) is 117 Å². The Morgan fingerprint density at radius 2 is 0.953 bits per heavy atom. The molecule has 1 heterocycles. The molecule has 208 valence electrons. The summed E-state index contributed by atoms with van der Waals surface area (Å²) in [7, 11) is -3.08. The molecule has 0 bridgehead atoms. The van der Waals surface area contributed by atoms with Crippen LogP contribution in [0.4, 0.5) is 0 Å². The molecule has 0 amide bonds. The minimum absolute atomic E-state index is 0.276. The first kappa shape index (κ1) is 25.8. The lowest BCUT2D eigenvalue weighted by Crippen LogP contribution is -2.26. The number of para-hydroxylation sites is 2. The van der Waals surface area contributed by atoms with Crippen LogP contribution in [0.1, 0.15) is 25.0 Å². The normalized spacial score (nSPS) is 14.0. The number of ether oxygens (including phenoxy) is 2. The Morgan fingerprint density at radius 3 is 1.60 bits per heavy atom. The molecule has 0 unspecified atom stereocenters. The number of rotatable bonds is 4. The van der Waals surface area contributed by atoms with Crippen molar-refractivity contribution in [2.24, 2.45) is 0 Å². The van der Waals surface area contributed by atoms with E-state index in [1.54, 1.807) is 0 Å². The van der Waals surface area contributed by atoms with Crippen molar-refractivity contribution in [3.63, 3.8) is 0 Å². The van der Waals surface area contributed by atoms with E-state index in [1.807, 2.05) is 91.0 Å². The summed E-state index contributed by atoms with van der Waals surface area (Å²) in [4.78, 5) is 0. The number of fused-ring (bicyclic) bond motifs is 5. The van der Waals surface area contributed by atoms with Crippen LogP contribution in [0.3, 0.4) is 0 Å². The average molecular weight is 577 g/mol. The second kappa shape index (κ2) is 9.59. The standard InChI is InChI=1S/C39H29O3P/c1-39(2)33-23-26(27-18-22-37-38(24-27)42-36-16-10-9-15-35(36)41-37)17-20-31(33)32-21-19-30(25-34(32)39)43(40,28-11-5-3-6-12-28)29-13-7-4-8-14-29/h3-25H,1-2H3. The van der Waals surface area contributed by atoms with Crippen molar-refractivity contribution in [1.82, 2.24) is 0 Å². The Labute approximate surface area is 251 Å². The predicted molar refractivity (Wildman–Crippen MR) is 175 cm³/mol. The van der Waals surface area contributed by atoms with Crippen molar-refractivity contribution in [3.8, 4) is 45.3 Å². The number of hydrogen-bond donors (Lipinski definition) is 0. The van der Waals surface area contributed by atoms with Crippen LogP contribution in [0.25, 0.3) is 22.3 Å². The fourth-order valence-corrected chi connectivity index (χ4v) is 9.21. The molecule has 6 aromatic rings. The van der Waals surface area contributed by atoms with Gasteiger partial charge in [-0.2, -0.15) is 0 Å². The van der Waals surface area contributed by atoms with E-state index in [0.29, 0.717) is 11.5 Å². The van der Waals surface area contributed by atoms with Crippen molar-refractivity contribution in [2.45, 2.75) is 19.3 Å². The Balaban J connectivity index is 1.20.